The lowest BCUT2D eigenvalue weighted by Gasteiger charge is -2.38. The number of carbonyl (C=O) groups is 1. The Labute approximate surface area is 113 Å². The molecule has 6 heteroatoms. The van der Waals surface area contributed by atoms with Gasteiger partial charge in [0.2, 0.25) is 5.91 Å². The van der Waals surface area contributed by atoms with Crippen LogP contribution in [0.2, 0.25) is 0 Å². The van der Waals surface area contributed by atoms with E-state index in [9.17, 15) is 13.2 Å². The number of nitrogens with zero attached hydrogens (tertiary/aromatic N) is 1. The minimum Gasteiger partial charge on any atom is -0.349 e. The van der Waals surface area contributed by atoms with Crippen molar-refractivity contribution in [2.45, 2.75) is 37.5 Å². The molecule has 0 saturated heterocycles. The van der Waals surface area contributed by atoms with Gasteiger partial charge in [-0.2, -0.15) is 0 Å². The molecule has 0 spiro atoms. The fourth-order valence-electron chi connectivity index (χ4n) is 2.29. The average Bonchev–Trinajstić information content (AvgIpc) is 2.24. The van der Waals surface area contributed by atoms with Gasteiger partial charge in [0.1, 0.15) is 4.75 Å². The largest absolute Gasteiger partial charge is 0.349 e. The van der Waals surface area contributed by atoms with Gasteiger partial charge in [-0.25, -0.2) is 8.42 Å². The molecule has 5 nitrogen and oxygen atoms in total. The Morgan fingerprint density at radius 3 is 2.63 bits per heavy atom. The van der Waals surface area contributed by atoms with Gasteiger partial charge >= 0.3 is 0 Å². The Kier molecular flexibility index (Phi) is 3.62. The number of sulfone groups is 1. The Bertz CT molecular complexity index is 592. The Morgan fingerprint density at radius 2 is 2.16 bits per heavy atom. The second kappa shape index (κ2) is 4.92. The molecule has 1 heterocycles. The zero-order chi connectivity index (χ0) is 14.1. The summed E-state index contributed by atoms with van der Waals surface area (Å²) in [5.41, 5.74) is 1.74. The first-order chi connectivity index (χ1) is 8.87. The Balaban J connectivity index is 2.08. The lowest BCUT2D eigenvalue weighted by molar-refractivity contribution is -0.125. The fourth-order valence-corrected chi connectivity index (χ4v) is 3.73. The van der Waals surface area contributed by atoms with Crippen LogP contribution in [0.3, 0.4) is 0 Å². The summed E-state index contributed by atoms with van der Waals surface area (Å²) in [5, 5.41) is 2.71. The Morgan fingerprint density at radius 1 is 1.47 bits per heavy atom. The number of amides is 1. The minimum atomic E-state index is -3.37. The lowest BCUT2D eigenvalue weighted by atomic mass is 9.83. The maximum absolute atomic E-state index is 12.2. The first-order valence-corrected chi connectivity index (χ1v) is 8.14. The molecule has 0 bridgehead atoms. The number of rotatable bonds is 4. The zero-order valence-corrected chi connectivity index (χ0v) is 12.0. The topological polar surface area (TPSA) is 76.1 Å². The SMILES string of the molecule is Cc1cccnc1CNC(=O)C1(S(C)(=O)=O)CCC1. The summed E-state index contributed by atoms with van der Waals surface area (Å²) < 4.78 is 22.3. The van der Waals surface area contributed by atoms with Crippen LogP contribution in [-0.2, 0) is 21.2 Å². The van der Waals surface area contributed by atoms with Crippen LogP contribution in [0.15, 0.2) is 18.3 Å². The number of aryl methyl sites for hydroxylation is 1. The van der Waals surface area contributed by atoms with Gasteiger partial charge in [-0.3, -0.25) is 9.78 Å². The number of pyridine rings is 1. The van der Waals surface area contributed by atoms with Crippen LogP contribution >= 0.6 is 0 Å². The highest BCUT2D eigenvalue weighted by Crippen LogP contribution is 2.39. The molecule has 1 N–H and O–H groups in total. The van der Waals surface area contributed by atoms with E-state index in [0.29, 0.717) is 12.8 Å². The summed E-state index contributed by atoms with van der Waals surface area (Å²) in [6, 6.07) is 3.73. The summed E-state index contributed by atoms with van der Waals surface area (Å²) in [4.78, 5) is 16.3. The molecule has 0 radical (unpaired) electrons. The van der Waals surface area contributed by atoms with E-state index in [2.05, 4.69) is 10.3 Å². The third kappa shape index (κ3) is 2.49. The van der Waals surface area contributed by atoms with Gasteiger partial charge in [-0.15, -0.1) is 0 Å². The molecule has 19 heavy (non-hydrogen) atoms. The second-order valence-electron chi connectivity index (χ2n) is 5.07. The van der Waals surface area contributed by atoms with E-state index in [-0.39, 0.29) is 6.54 Å². The highest BCUT2D eigenvalue weighted by atomic mass is 32.2. The lowest BCUT2D eigenvalue weighted by Crippen LogP contribution is -2.56. The molecular weight excluding hydrogens is 264 g/mol. The van der Waals surface area contributed by atoms with E-state index in [1.807, 2.05) is 19.1 Å². The van der Waals surface area contributed by atoms with Gasteiger partial charge in [0.05, 0.1) is 12.2 Å². The van der Waals surface area contributed by atoms with Crippen molar-refractivity contribution in [1.82, 2.24) is 10.3 Å². The van der Waals surface area contributed by atoms with Crippen molar-refractivity contribution in [2.24, 2.45) is 0 Å². The fraction of sp³-hybridized carbons (Fsp3) is 0.538. The number of nitrogens with one attached hydrogen (secondary N) is 1. The van der Waals surface area contributed by atoms with Crippen LogP contribution in [0.5, 0.6) is 0 Å². The highest BCUT2D eigenvalue weighted by molar-refractivity contribution is 7.93. The molecule has 1 aliphatic carbocycles. The van der Waals surface area contributed by atoms with E-state index < -0.39 is 20.5 Å². The third-order valence-electron chi connectivity index (χ3n) is 3.82. The second-order valence-corrected chi connectivity index (χ2v) is 7.40. The van der Waals surface area contributed by atoms with Crippen molar-refractivity contribution in [2.75, 3.05) is 6.26 Å². The van der Waals surface area contributed by atoms with Crippen molar-refractivity contribution in [3.63, 3.8) is 0 Å². The van der Waals surface area contributed by atoms with Crippen LogP contribution in [0.4, 0.5) is 0 Å². The quantitative estimate of drug-likeness (QED) is 0.893. The molecular formula is C13H18N2O3S. The maximum Gasteiger partial charge on any atom is 0.241 e. The van der Waals surface area contributed by atoms with Crippen molar-refractivity contribution in [3.8, 4) is 0 Å². The molecule has 0 unspecified atom stereocenters. The van der Waals surface area contributed by atoms with Gasteiger partial charge in [0, 0.05) is 12.5 Å². The first-order valence-electron chi connectivity index (χ1n) is 6.25. The number of carbonyl (C=O) groups excluding carboxylic acids is 1. The summed E-state index contributed by atoms with van der Waals surface area (Å²) in [5.74, 6) is -0.397. The van der Waals surface area contributed by atoms with E-state index in [1.54, 1.807) is 6.20 Å². The van der Waals surface area contributed by atoms with Crippen LogP contribution in [0.1, 0.15) is 30.5 Å². The van der Waals surface area contributed by atoms with Gasteiger partial charge in [0.25, 0.3) is 0 Å². The molecule has 0 aromatic carbocycles. The third-order valence-corrected chi connectivity index (χ3v) is 5.83. The van der Waals surface area contributed by atoms with E-state index in [4.69, 9.17) is 0 Å². The Hall–Kier alpha value is -1.43. The molecule has 104 valence electrons. The molecule has 1 aliphatic rings. The zero-order valence-electron chi connectivity index (χ0n) is 11.1. The van der Waals surface area contributed by atoms with Crippen molar-refractivity contribution >= 4 is 15.7 Å². The first kappa shape index (κ1) is 14.0. The predicted octanol–water partition coefficient (Wildman–Crippen LogP) is 0.974. The van der Waals surface area contributed by atoms with Crippen molar-refractivity contribution < 1.29 is 13.2 Å². The van der Waals surface area contributed by atoms with E-state index in [1.165, 1.54) is 0 Å². The van der Waals surface area contributed by atoms with Crippen molar-refractivity contribution in [3.05, 3.63) is 29.6 Å². The maximum atomic E-state index is 12.2. The summed E-state index contributed by atoms with van der Waals surface area (Å²) in [6.07, 6.45) is 4.41. The average molecular weight is 282 g/mol. The molecule has 1 fully saturated rings. The standard InChI is InChI=1S/C13H18N2O3S/c1-10-5-3-8-14-11(10)9-15-12(16)13(6-4-7-13)19(2,17)18/h3,5,8H,4,6-7,9H2,1-2H3,(H,15,16). The number of aromatic nitrogens is 1. The smallest absolute Gasteiger partial charge is 0.241 e. The molecule has 1 aromatic heterocycles. The summed E-state index contributed by atoms with van der Waals surface area (Å²) in [6.45, 7) is 2.17. The molecule has 1 amide bonds. The molecule has 1 saturated carbocycles. The van der Waals surface area contributed by atoms with Crippen molar-refractivity contribution in [1.29, 1.82) is 0 Å². The van der Waals surface area contributed by atoms with Gasteiger partial charge in [-0.1, -0.05) is 6.07 Å². The molecule has 0 atom stereocenters. The van der Waals surface area contributed by atoms with Crippen LogP contribution in [-0.4, -0.2) is 30.3 Å². The summed E-state index contributed by atoms with van der Waals surface area (Å²) in [7, 11) is -3.37. The number of hydrogen-bond donors (Lipinski definition) is 1. The van der Waals surface area contributed by atoms with Crippen LogP contribution in [0, 0.1) is 6.92 Å². The molecule has 0 aliphatic heterocycles. The van der Waals surface area contributed by atoms with Gasteiger partial charge < -0.3 is 5.32 Å². The molecule has 2 rings (SSSR count). The highest BCUT2D eigenvalue weighted by Gasteiger charge is 2.52. The van der Waals surface area contributed by atoms with Gasteiger partial charge in [0.15, 0.2) is 9.84 Å². The van der Waals surface area contributed by atoms with Crippen LogP contribution < -0.4 is 5.32 Å². The number of hydrogen-bond acceptors (Lipinski definition) is 4. The molecule has 1 aromatic rings. The van der Waals surface area contributed by atoms with E-state index >= 15 is 0 Å². The van der Waals surface area contributed by atoms with Gasteiger partial charge in [-0.05, 0) is 37.8 Å². The normalized spacial score (nSPS) is 17.6. The summed E-state index contributed by atoms with van der Waals surface area (Å²) >= 11 is 0. The minimum absolute atomic E-state index is 0.267. The van der Waals surface area contributed by atoms with E-state index in [0.717, 1.165) is 23.9 Å². The predicted molar refractivity (Wildman–Crippen MR) is 72.2 cm³/mol. The van der Waals surface area contributed by atoms with Crippen LogP contribution in [0.25, 0.3) is 0 Å². The monoisotopic (exact) mass is 282 g/mol.